The van der Waals surface area contributed by atoms with Crippen molar-refractivity contribution in [3.05, 3.63) is 56.0 Å². The van der Waals surface area contributed by atoms with Crippen molar-refractivity contribution in [2.24, 2.45) is 0 Å². The van der Waals surface area contributed by atoms with Crippen molar-refractivity contribution < 1.29 is 19.0 Å². The van der Waals surface area contributed by atoms with E-state index >= 15 is 0 Å². The maximum atomic E-state index is 12.9. The van der Waals surface area contributed by atoms with E-state index in [-0.39, 0.29) is 5.78 Å². The third-order valence-corrected chi connectivity index (χ3v) is 5.45. The number of ketones is 1. The molecule has 136 valence electrons. The van der Waals surface area contributed by atoms with Crippen LogP contribution in [0, 0.1) is 0 Å². The molecule has 0 spiro atoms. The van der Waals surface area contributed by atoms with E-state index < -0.39 is 0 Å². The van der Waals surface area contributed by atoms with Gasteiger partial charge in [-0.05, 0) is 64.2 Å². The van der Waals surface area contributed by atoms with Crippen LogP contribution in [0.4, 0.5) is 0 Å². The summed E-state index contributed by atoms with van der Waals surface area (Å²) in [7, 11) is 4.67. The Morgan fingerprint density at radius 3 is 2.42 bits per heavy atom. The second-order valence-corrected chi connectivity index (χ2v) is 7.08. The number of allylic oxidation sites excluding steroid dienone is 1. The summed E-state index contributed by atoms with van der Waals surface area (Å²) in [6.07, 6.45) is 3.32. The van der Waals surface area contributed by atoms with E-state index in [1.165, 1.54) is 0 Å². The topological polar surface area (TPSA) is 44.8 Å². The first-order chi connectivity index (χ1) is 12.5. The smallest absolute Gasteiger partial charge is 0.204 e. The van der Waals surface area contributed by atoms with Gasteiger partial charge in [-0.1, -0.05) is 17.7 Å². The lowest BCUT2D eigenvalue weighted by Crippen LogP contribution is -2.14. The number of ether oxygens (including phenoxy) is 3. The van der Waals surface area contributed by atoms with Gasteiger partial charge in [-0.3, -0.25) is 4.79 Å². The summed E-state index contributed by atoms with van der Waals surface area (Å²) >= 11 is 9.61. The van der Waals surface area contributed by atoms with Crippen LogP contribution in [0.2, 0.25) is 5.02 Å². The molecule has 0 fully saturated rings. The van der Waals surface area contributed by atoms with E-state index in [2.05, 4.69) is 15.9 Å². The lowest BCUT2D eigenvalue weighted by Gasteiger charge is -2.19. The molecule has 0 radical (unpaired) electrons. The van der Waals surface area contributed by atoms with Crippen molar-refractivity contribution in [2.45, 2.75) is 12.8 Å². The predicted molar refractivity (Wildman–Crippen MR) is 106 cm³/mol. The number of carbonyl (C=O) groups excluding carboxylic acids is 1. The lowest BCUT2D eigenvalue weighted by molar-refractivity contribution is 0.102. The highest BCUT2D eigenvalue weighted by Crippen LogP contribution is 2.45. The van der Waals surface area contributed by atoms with E-state index in [1.807, 2.05) is 24.3 Å². The maximum Gasteiger partial charge on any atom is 0.204 e. The Labute approximate surface area is 165 Å². The van der Waals surface area contributed by atoms with Gasteiger partial charge in [0.05, 0.1) is 25.8 Å². The summed E-state index contributed by atoms with van der Waals surface area (Å²) in [5.41, 5.74) is 3.20. The molecule has 2 aromatic carbocycles. The SMILES string of the molecule is COc1cc(/C=C2\CCc3ccc(Cl)cc3C2=O)c(Br)c(OC)c1OC. The van der Waals surface area contributed by atoms with Crippen LogP contribution in [0.25, 0.3) is 6.08 Å². The lowest BCUT2D eigenvalue weighted by atomic mass is 9.86. The summed E-state index contributed by atoms with van der Waals surface area (Å²) in [5, 5.41) is 0.562. The Balaban J connectivity index is 2.09. The third kappa shape index (κ3) is 3.33. The zero-order valence-corrected chi connectivity index (χ0v) is 17.0. The fraction of sp³-hybridized carbons (Fsp3) is 0.250. The first-order valence-corrected chi connectivity index (χ1v) is 9.19. The molecule has 0 unspecified atom stereocenters. The van der Waals surface area contributed by atoms with Gasteiger partial charge in [-0.2, -0.15) is 0 Å². The molecule has 26 heavy (non-hydrogen) atoms. The van der Waals surface area contributed by atoms with Crippen LogP contribution in [0.3, 0.4) is 0 Å². The molecule has 1 aliphatic rings. The molecule has 1 aliphatic carbocycles. The number of carbonyl (C=O) groups is 1. The third-order valence-electron chi connectivity index (χ3n) is 4.40. The molecule has 0 aromatic heterocycles. The van der Waals surface area contributed by atoms with E-state index in [4.69, 9.17) is 25.8 Å². The Kier molecular flexibility index (Phi) is 5.58. The van der Waals surface area contributed by atoms with Gasteiger partial charge in [-0.15, -0.1) is 0 Å². The van der Waals surface area contributed by atoms with Gasteiger partial charge in [0.25, 0.3) is 0 Å². The molecule has 6 heteroatoms. The van der Waals surface area contributed by atoms with Gasteiger partial charge in [0, 0.05) is 16.2 Å². The molecule has 0 saturated heterocycles. The number of rotatable bonds is 4. The Morgan fingerprint density at radius 2 is 1.77 bits per heavy atom. The number of hydrogen-bond acceptors (Lipinski definition) is 4. The average Bonchev–Trinajstić information content (AvgIpc) is 2.65. The number of Topliss-reactive ketones (excluding diaryl/α,β-unsaturated/α-hetero) is 1. The number of aryl methyl sites for hydroxylation is 1. The van der Waals surface area contributed by atoms with Crippen molar-refractivity contribution in [3.63, 3.8) is 0 Å². The summed E-state index contributed by atoms with van der Waals surface area (Å²) < 4.78 is 16.9. The number of fused-ring (bicyclic) bond motifs is 1. The summed E-state index contributed by atoms with van der Waals surface area (Å²) in [6.45, 7) is 0. The number of halogens is 2. The number of methoxy groups -OCH3 is 3. The minimum absolute atomic E-state index is 0.00518. The maximum absolute atomic E-state index is 12.9. The average molecular weight is 438 g/mol. The van der Waals surface area contributed by atoms with Crippen molar-refractivity contribution in [2.75, 3.05) is 21.3 Å². The fourth-order valence-corrected chi connectivity index (χ4v) is 3.85. The highest BCUT2D eigenvalue weighted by molar-refractivity contribution is 9.10. The van der Waals surface area contributed by atoms with Crippen molar-refractivity contribution in [3.8, 4) is 17.2 Å². The quantitative estimate of drug-likeness (QED) is 0.606. The molecule has 0 bridgehead atoms. The van der Waals surface area contributed by atoms with Gasteiger partial charge in [0.1, 0.15) is 0 Å². The van der Waals surface area contributed by atoms with Crippen LogP contribution >= 0.6 is 27.5 Å². The van der Waals surface area contributed by atoms with Crippen molar-refractivity contribution in [1.29, 1.82) is 0 Å². The summed E-state index contributed by atoms with van der Waals surface area (Å²) in [5.74, 6) is 1.54. The Bertz CT molecular complexity index is 905. The number of hydrogen-bond donors (Lipinski definition) is 0. The van der Waals surface area contributed by atoms with Crippen LogP contribution in [0.5, 0.6) is 17.2 Å². The second-order valence-electron chi connectivity index (χ2n) is 5.85. The van der Waals surface area contributed by atoms with Crippen molar-refractivity contribution >= 4 is 39.4 Å². The van der Waals surface area contributed by atoms with Gasteiger partial charge in [0.2, 0.25) is 5.75 Å². The van der Waals surface area contributed by atoms with E-state index in [0.717, 1.165) is 23.1 Å². The molecule has 0 atom stereocenters. The van der Waals surface area contributed by atoms with Gasteiger partial charge in [0.15, 0.2) is 17.3 Å². The summed E-state index contributed by atoms with van der Waals surface area (Å²) in [4.78, 5) is 12.9. The fourth-order valence-electron chi connectivity index (χ4n) is 3.10. The zero-order valence-electron chi connectivity index (χ0n) is 14.7. The van der Waals surface area contributed by atoms with Crippen LogP contribution < -0.4 is 14.2 Å². The molecule has 0 aliphatic heterocycles. The van der Waals surface area contributed by atoms with Crippen LogP contribution in [0.1, 0.15) is 27.9 Å². The highest BCUT2D eigenvalue weighted by Gasteiger charge is 2.24. The summed E-state index contributed by atoms with van der Waals surface area (Å²) in [6, 6.07) is 7.29. The van der Waals surface area contributed by atoms with E-state index in [1.54, 1.807) is 27.4 Å². The molecule has 0 saturated carbocycles. The van der Waals surface area contributed by atoms with E-state index in [9.17, 15) is 4.79 Å². The first kappa shape index (κ1) is 18.8. The molecule has 0 heterocycles. The van der Waals surface area contributed by atoms with Crippen LogP contribution in [-0.4, -0.2) is 27.1 Å². The van der Waals surface area contributed by atoms with Crippen LogP contribution in [-0.2, 0) is 6.42 Å². The number of benzene rings is 2. The van der Waals surface area contributed by atoms with Gasteiger partial charge in [-0.25, -0.2) is 0 Å². The molecule has 4 nitrogen and oxygen atoms in total. The van der Waals surface area contributed by atoms with Gasteiger partial charge < -0.3 is 14.2 Å². The highest BCUT2D eigenvalue weighted by atomic mass is 79.9. The molecule has 2 aromatic rings. The standard InChI is InChI=1S/C20H18BrClO4/c1-24-16-9-13(17(21)20(26-3)19(16)25-2)8-12-5-4-11-6-7-14(22)10-15(11)18(12)23/h6-10H,4-5H2,1-3H3/b12-8+. The minimum atomic E-state index is -0.00518. The van der Waals surface area contributed by atoms with Gasteiger partial charge >= 0.3 is 0 Å². The molecule has 0 amide bonds. The Hall–Kier alpha value is -1.98. The monoisotopic (exact) mass is 436 g/mol. The second kappa shape index (κ2) is 7.72. The largest absolute Gasteiger partial charge is 0.493 e. The first-order valence-electron chi connectivity index (χ1n) is 8.02. The minimum Gasteiger partial charge on any atom is -0.493 e. The zero-order chi connectivity index (χ0) is 18.8. The van der Waals surface area contributed by atoms with E-state index in [0.29, 0.717) is 38.7 Å². The molecular weight excluding hydrogens is 420 g/mol. The molecule has 3 rings (SSSR count). The predicted octanol–water partition coefficient (Wildman–Crippen LogP) is 5.34. The van der Waals surface area contributed by atoms with Crippen molar-refractivity contribution in [1.82, 2.24) is 0 Å². The normalized spacial score (nSPS) is 15.0. The molecular formula is C20H18BrClO4. The van der Waals surface area contributed by atoms with Crippen LogP contribution in [0.15, 0.2) is 34.3 Å². The Morgan fingerprint density at radius 1 is 1.04 bits per heavy atom. The molecule has 0 N–H and O–H groups in total.